The molecule has 0 amide bonds. The molecule has 108 valence electrons. The van der Waals surface area contributed by atoms with Crippen LogP contribution >= 0.6 is 0 Å². The molecule has 0 saturated carbocycles. The Morgan fingerprint density at radius 3 is 2.70 bits per heavy atom. The van der Waals surface area contributed by atoms with Gasteiger partial charge < -0.3 is 14.2 Å². The zero-order valence-electron chi connectivity index (χ0n) is 11.9. The molecular formula is C15H19NO4. The maximum Gasteiger partial charge on any atom is 0.327 e. The quantitative estimate of drug-likeness (QED) is 0.605. The Bertz CT molecular complexity index is 493. The molecule has 1 atom stereocenters. The number of hydrogen-bond donors (Lipinski definition) is 1. The van der Waals surface area contributed by atoms with Crippen LogP contribution in [0.2, 0.25) is 0 Å². The topological polar surface area (TPSA) is 56.8 Å². The third-order valence-corrected chi connectivity index (χ3v) is 2.68. The molecular weight excluding hydrogens is 258 g/mol. The van der Waals surface area contributed by atoms with E-state index in [1.165, 1.54) is 7.11 Å². The SMILES string of the molecule is C#CCNC(C(=O)OCC)c1cc(OC)ccc1OC. The van der Waals surface area contributed by atoms with Crippen molar-refractivity contribution in [3.05, 3.63) is 23.8 Å². The number of carbonyl (C=O) groups excluding carboxylic acids is 1. The summed E-state index contributed by atoms with van der Waals surface area (Å²) in [5, 5.41) is 2.95. The molecule has 1 unspecified atom stereocenters. The third kappa shape index (κ3) is 3.90. The first-order chi connectivity index (χ1) is 9.67. The summed E-state index contributed by atoms with van der Waals surface area (Å²) >= 11 is 0. The van der Waals surface area contributed by atoms with Crippen molar-refractivity contribution in [1.29, 1.82) is 0 Å². The zero-order chi connectivity index (χ0) is 15.0. The van der Waals surface area contributed by atoms with Gasteiger partial charge in [-0.15, -0.1) is 6.42 Å². The second-order valence-electron chi connectivity index (χ2n) is 3.88. The molecule has 1 aromatic carbocycles. The summed E-state index contributed by atoms with van der Waals surface area (Å²) in [7, 11) is 3.09. The summed E-state index contributed by atoms with van der Waals surface area (Å²) in [6, 6.07) is 4.52. The Labute approximate surface area is 119 Å². The van der Waals surface area contributed by atoms with E-state index in [0.29, 0.717) is 23.7 Å². The minimum atomic E-state index is -0.698. The average Bonchev–Trinajstić information content (AvgIpc) is 2.47. The number of benzene rings is 1. The van der Waals surface area contributed by atoms with Gasteiger partial charge in [0.15, 0.2) is 0 Å². The number of carbonyl (C=O) groups is 1. The van der Waals surface area contributed by atoms with Gasteiger partial charge in [-0.3, -0.25) is 5.32 Å². The molecule has 0 heterocycles. The van der Waals surface area contributed by atoms with Gasteiger partial charge in [0.05, 0.1) is 27.4 Å². The van der Waals surface area contributed by atoms with E-state index in [1.807, 2.05) is 0 Å². The molecule has 1 rings (SSSR count). The fourth-order valence-corrected chi connectivity index (χ4v) is 1.77. The van der Waals surface area contributed by atoms with Crippen molar-refractivity contribution in [2.45, 2.75) is 13.0 Å². The van der Waals surface area contributed by atoms with E-state index in [1.54, 1.807) is 32.2 Å². The van der Waals surface area contributed by atoms with Crippen LogP contribution in [-0.4, -0.2) is 33.3 Å². The normalized spacial score (nSPS) is 11.3. The van der Waals surface area contributed by atoms with Crippen molar-refractivity contribution in [3.63, 3.8) is 0 Å². The minimum Gasteiger partial charge on any atom is -0.497 e. The van der Waals surface area contributed by atoms with Crippen LogP contribution in [0.1, 0.15) is 18.5 Å². The molecule has 5 heteroatoms. The van der Waals surface area contributed by atoms with Gasteiger partial charge in [0.2, 0.25) is 0 Å². The Hall–Kier alpha value is -2.19. The van der Waals surface area contributed by atoms with E-state index in [2.05, 4.69) is 11.2 Å². The minimum absolute atomic E-state index is 0.240. The summed E-state index contributed by atoms with van der Waals surface area (Å²) in [5.74, 6) is 3.22. The first kappa shape index (κ1) is 15.9. The molecule has 1 N–H and O–H groups in total. The van der Waals surface area contributed by atoms with Crippen LogP contribution in [0.25, 0.3) is 0 Å². The smallest absolute Gasteiger partial charge is 0.327 e. The first-order valence-electron chi connectivity index (χ1n) is 6.23. The van der Waals surface area contributed by atoms with Crippen LogP contribution in [0.3, 0.4) is 0 Å². The summed E-state index contributed by atoms with van der Waals surface area (Å²) in [4.78, 5) is 12.1. The monoisotopic (exact) mass is 277 g/mol. The summed E-state index contributed by atoms with van der Waals surface area (Å²) in [6.45, 7) is 2.28. The van der Waals surface area contributed by atoms with Crippen molar-refractivity contribution < 1.29 is 19.0 Å². The Morgan fingerprint density at radius 1 is 1.40 bits per heavy atom. The van der Waals surface area contributed by atoms with Crippen molar-refractivity contribution in [2.75, 3.05) is 27.4 Å². The first-order valence-corrected chi connectivity index (χ1v) is 6.23. The number of rotatable bonds is 7. The third-order valence-electron chi connectivity index (χ3n) is 2.68. The second kappa shape index (κ2) is 8.08. The van der Waals surface area contributed by atoms with Crippen LogP contribution in [0.5, 0.6) is 11.5 Å². The molecule has 0 saturated heterocycles. The Balaban J connectivity index is 3.16. The van der Waals surface area contributed by atoms with E-state index < -0.39 is 12.0 Å². The molecule has 5 nitrogen and oxygen atoms in total. The van der Waals surface area contributed by atoms with E-state index in [4.69, 9.17) is 20.6 Å². The van der Waals surface area contributed by atoms with Crippen molar-refractivity contribution in [1.82, 2.24) is 5.32 Å². The number of hydrogen-bond acceptors (Lipinski definition) is 5. The van der Waals surface area contributed by atoms with Gasteiger partial charge in [-0.25, -0.2) is 4.79 Å². The Kier molecular flexibility index (Phi) is 6.41. The van der Waals surface area contributed by atoms with Gasteiger partial charge in [-0.1, -0.05) is 5.92 Å². The number of ether oxygens (including phenoxy) is 3. The highest BCUT2D eigenvalue weighted by atomic mass is 16.5. The molecule has 1 aromatic rings. The molecule has 0 bridgehead atoms. The molecule has 0 aliphatic heterocycles. The lowest BCUT2D eigenvalue weighted by Gasteiger charge is -2.19. The van der Waals surface area contributed by atoms with Gasteiger partial charge in [0.25, 0.3) is 0 Å². The average molecular weight is 277 g/mol. The number of methoxy groups -OCH3 is 2. The standard InChI is InChI=1S/C15H19NO4/c1-5-9-16-14(15(17)20-6-2)12-10-11(18-3)7-8-13(12)19-4/h1,7-8,10,14,16H,6,9H2,2-4H3. The lowest BCUT2D eigenvalue weighted by molar-refractivity contribution is -0.145. The van der Waals surface area contributed by atoms with Crippen LogP contribution in [0, 0.1) is 12.3 Å². The fourth-order valence-electron chi connectivity index (χ4n) is 1.77. The van der Waals surface area contributed by atoms with E-state index in [0.717, 1.165) is 0 Å². The van der Waals surface area contributed by atoms with Crippen LogP contribution in [0.4, 0.5) is 0 Å². The van der Waals surface area contributed by atoms with Crippen LogP contribution < -0.4 is 14.8 Å². The van der Waals surface area contributed by atoms with Crippen LogP contribution in [-0.2, 0) is 9.53 Å². The lowest BCUT2D eigenvalue weighted by atomic mass is 10.0. The lowest BCUT2D eigenvalue weighted by Crippen LogP contribution is -2.31. The zero-order valence-corrected chi connectivity index (χ0v) is 11.9. The number of esters is 1. The molecule has 0 aromatic heterocycles. The molecule has 0 aliphatic rings. The van der Waals surface area contributed by atoms with Gasteiger partial charge in [0, 0.05) is 5.56 Å². The van der Waals surface area contributed by atoms with Crippen molar-refractivity contribution in [2.24, 2.45) is 0 Å². The highest BCUT2D eigenvalue weighted by Gasteiger charge is 2.25. The van der Waals surface area contributed by atoms with E-state index >= 15 is 0 Å². The van der Waals surface area contributed by atoms with Crippen molar-refractivity contribution in [3.8, 4) is 23.8 Å². The highest BCUT2D eigenvalue weighted by molar-refractivity contribution is 5.79. The second-order valence-corrected chi connectivity index (χ2v) is 3.88. The number of terminal acetylenes is 1. The van der Waals surface area contributed by atoms with Crippen molar-refractivity contribution >= 4 is 5.97 Å². The van der Waals surface area contributed by atoms with E-state index in [-0.39, 0.29) is 6.54 Å². The van der Waals surface area contributed by atoms with Gasteiger partial charge in [0.1, 0.15) is 17.5 Å². The predicted octanol–water partition coefficient (Wildman–Crippen LogP) is 1.53. The molecule has 20 heavy (non-hydrogen) atoms. The van der Waals surface area contributed by atoms with Crippen LogP contribution in [0.15, 0.2) is 18.2 Å². The molecule has 0 radical (unpaired) electrons. The molecule has 0 spiro atoms. The summed E-state index contributed by atoms with van der Waals surface area (Å²) in [6.07, 6.45) is 5.24. The summed E-state index contributed by atoms with van der Waals surface area (Å²) < 4.78 is 15.5. The van der Waals surface area contributed by atoms with Gasteiger partial charge in [-0.2, -0.15) is 0 Å². The fraction of sp³-hybridized carbons (Fsp3) is 0.400. The Morgan fingerprint density at radius 2 is 2.15 bits per heavy atom. The predicted molar refractivity (Wildman–Crippen MR) is 75.8 cm³/mol. The van der Waals surface area contributed by atoms with E-state index in [9.17, 15) is 4.79 Å². The maximum absolute atomic E-state index is 12.1. The largest absolute Gasteiger partial charge is 0.497 e. The van der Waals surface area contributed by atoms with Gasteiger partial charge >= 0.3 is 5.97 Å². The molecule has 0 aliphatic carbocycles. The molecule has 0 fully saturated rings. The van der Waals surface area contributed by atoms with Gasteiger partial charge in [-0.05, 0) is 25.1 Å². The maximum atomic E-state index is 12.1. The highest BCUT2D eigenvalue weighted by Crippen LogP contribution is 2.30. The number of nitrogens with one attached hydrogen (secondary N) is 1. The summed E-state index contributed by atoms with van der Waals surface area (Å²) in [5.41, 5.74) is 0.626.